The number of methoxy groups -OCH3 is 1. The van der Waals surface area contributed by atoms with Crippen molar-refractivity contribution >= 4 is 6.41 Å². The summed E-state index contributed by atoms with van der Waals surface area (Å²) >= 11 is 0. The highest BCUT2D eigenvalue weighted by atomic mass is 19.1. The second-order valence-electron chi connectivity index (χ2n) is 6.13. The maximum Gasteiger partial charge on any atom is 0.210 e. The molecule has 2 N–H and O–H groups in total. The van der Waals surface area contributed by atoms with Crippen LogP contribution in [0.1, 0.15) is 24.8 Å². The van der Waals surface area contributed by atoms with Crippen molar-refractivity contribution in [2.75, 3.05) is 13.7 Å². The molecule has 5 nitrogen and oxygen atoms in total. The maximum atomic E-state index is 14.1. The van der Waals surface area contributed by atoms with Gasteiger partial charge in [0.15, 0.2) is 11.5 Å². The number of amides is 1. The van der Waals surface area contributed by atoms with Crippen LogP contribution in [0.15, 0.2) is 35.1 Å². The van der Waals surface area contributed by atoms with Crippen LogP contribution in [-0.4, -0.2) is 41.2 Å². The quantitative estimate of drug-likeness (QED) is 0.505. The first-order chi connectivity index (χ1) is 11.5. The van der Waals surface area contributed by atoms with Gasteiger partial charge in [0, 0.05) is 19.0 Å². The van der Waals surface area contributed by atoms with E-state index in [1.54, 1.807) is 12.0 Å². The first-order valence-electron chi connectivity index (χ1n) is 7.88. The molecule has 0 saturated heterocycles. The van der Waals surface area contributed by atoms with Crippen molar-refractivity contribution in [3.8, 4) is 11.5 Å². The predicted molar refractivity (Wildman–Crippen MR) is 86.0 cm³/mol. The van der Waals surface area contributed by atoms with Crippen LogP contribution in [0, 0.1) is 5.82 Å². The van der Waals surface area contributed by atoms with Gasteiger partial charge >= 0.3 is 0 Å². The minimum atomic E-state index is -0.590. The molecule has 0 bridgehead atoms. The number of halogens is 1. The molecule has 0 radical (unpaired) electrons. The summed E-state index contributed by atoms with van der Waals surface area (Å²) in [6.07, 6.45) is 5.21. The summed E-state index contributed by atoms with van der Waals surface area (Å²) in [6, 6.07) is 1.87. The van der Waals surface area contributed by atoms with Gasteiger partial charge in [-0.3, -0.25) is 4.79 Å². The van der Waals surface area contributed by atoms with Gasteiger partial charge in [0.1, 0.15) is 5.82 Å². The number of aromatic hydroxyl groups is 2. The van der Waals surface area contributed by atoms with Crippen molar-refractivity contribution in [2.24, 2.45) is 0 Å². The highest BCUT2D eigenvalue weighted by Crippen LogP contribution is 2.37. The maximum absolute atomic E-state index is 14.1. The van der Waals surface area contributed by atoms with Crippen LogP contribution in [-0.2, 0) is 16.0 Å². The molecular formula is C18H20FNO4. The Bertz CT molecular complexity index is 726. The van der Waals surface area contributed by atoms with Gasteiger partial charge in [-0.15, -0.1) is 0 Å². The Kier molecular flexibility index (Phi) is 4.46. The lowest BCUT2D eigenvalue weighted by Crippen LogP contribution is -2.42. The molecule has 0 fully saturated rings. The number of phenols is 2. The average molecular weight is 333 g/mol. The van der Waals surface area contributed by atoms with Crippen LogP contribution in [0.4, 0.5) is 4.39 Å². The molecule has 1 aliphatic heterocycles. The SMILES string of the molecule is COC1=CCC2=C(CCN(C=O)C2Cc2cc(O)c(O)cc2F)C1. The molecule has 0 aromatic heterocycles. The lowest BCUT2D eigenvalue weighted by atomic mass is 9.82. The molecule has 2 aliphatic rings. The second kappa shape index (κ2) is 6.55. The summed E-state index contributed by atoms with van der Waals surface area (Å²) in [5.74, 6) is -0.523. The third-order valence-electron chi connectivity index (χ3n) is 4.82. The molecule has 0 spiro atoms. The molecule has 24 heavy (non-hydrogen) atoms. The van der Waals surface area contributed by atoms with Gasteiger partial charge in [-0.2, -0.15) is 0 Å². The van der Waals surface area contributed by atoms with Crippen molar-refractivity contribution < 1.29 is 24.1 Å². The van der Waals surface area contributed by atoms with E-state index in [1.165, 1.54) is 11.6 Å². The number of hydrogen-bond donors (Lipinski definition) is 2. The van der Waals surface area contributed by atoms with E-state index in [0.717, 1.165) is 36.7 Å². The number of carbonyl (C=O) groups excluding carboxylic acids is 1. The highest BCUT2D eigenvalue weighted by molar-refractivity contribution is 5.52. The molecule has 3 rings (SSSR count). The predicted octanol–water partition coefficient (Wildman–Crippen LogP) is 2.63. The number of nitrogens with zero attached hydrogens (tertiary/aromatic N) is 1. The molecule has 1 aromatic carbocycles. The largest absolute Gasteiger partial charge is 0.504 e. The molecular weight excluding hydrogens is 313 g/mol. The van der Waals surface area contributed by atoms with E-state index < -0.39 is 11.6 Å². The molecule has 1 atom stereocenters. The monoisotopic (exact) mass is 333 g/mol. The molecule has 1 amide bonds. The van der Waals surface area contributed by atoms with Crippen LogP contribution < -0.4 is 0 Å². The number of hydrogen-bond acceptors (Lipinski definition) is 4. The van der Waals surface area contributed by atoms with Crippen LogP contribution in [0.25, 0.3) is 0 Å². The molecule has 0 saturated carbocycles. The first-order valence-corrected chi connectivity index (χ1v) is 7.88. The zero-order valence-electron chi connectivity index (χ0n) is 13.5. The Morgan fingerprint density at radius 3 is 2.83 bits per heavy atom. The molecule has 1 unspecified atom stereocenters. The average Bonchev–Trinajstić information content (AvgIpc) is 2.59. The first kappa shape index (κ1) is 16.4. The topological polar surface area (TPSA) is 70.0 Å². The molecule has 128 valence electrons. The number of rotatable bonds is 4. The second-order valence-corrected chi connectivity index (χ2v) is 6.13. The molecule has 6 heteroatoms. The van der Waals surface area contributed by atoms with E-state index >= 15 is 0 Å². The van der Waals surface area contributed by atoms with Gasteiger partial charge in [0.25, 0.3) is 0 Å². The fourth-order valence-corrected chi connectivity index (χ4v) is 3.49. The Morgan fingerprint density at radius 2 is 2.12 bits per heavy atom. The van der Waals surface area contributed by atoms with Gasteiger partial charge in [0.2, 0.25) is 6.41 Å². The standard InChI is InChI=1S/C18H20FNO4/c1-24-13-2-3-14-11(6-13)4-5-20(10-21)16(14)7-12-8-17(22)18(23)9-15(12)19/h2,8-10,16,22-23H,3-7H2,1H3. The fourth-order valence-electron chi connectivity index (χ4n) is 3.49. The van der Waals surface area contributed by atoms with E-state index in [4.69, 9.17) is 4.74 Å². The van der Waals surface area contributed by atoms with Crippen molar-refractivity contribution in [3.05, 3.63) is 46.5 Å². The Morgan fingerprint density at radius 1 is 1.38 bits per heavy atom. The van der Waals surface area contributed by atoms with Crippen LogP contribution >= 0.6 is 0 Å². The molecule has 1 heterocycles. The van der Waals surface area contributed by atoms with Gasteiger partial charge in [0.05, 0.1) is 18.9 Å². The third kappa shape index (κ3) is 2.96. The number of ether oxygens (including phenoxy) is 1. The van der Waals surface area contributed by atoms with E-state index in [0.29, 0.717) is 13.0 Å². The Labute approximate surface area is 139 Å². The molecule has 1 aliphatic carbocycles. The van der Waals surface area contributed by atoms with E-state index in [9.17, 15) is 19.4 Å². The Balaban J connectivity index is 1.92. The zero-order chi connectivity index (χ0) is 17.3. The summed E-state index contributed by atoms with van der Waals surface area (Å²) in [5, 5.41) is 19.0. The minimum Gasteiger partial charge on any atom is -0.504 e. The highest BCUT2D eigenvalue weighted by Gasteiger charge is 2.31. The number of allylic oxidation sites excluding steroid dienone is 2. The van der Waals surface area contributed by atoms with E-state index in [1.807, 2.05) is 6.08 Å². The van der Waals surface area contributed by atoms with Crippen LogP contribution in [0.2, 0.25) is 0 Å². The van der Waals surface area contributed by atoms with Crippen LogP contribution in [0.3, 0.4) is 0 Å². The third-order valence-corrected chi connectivity index (χ3v) is 4.82. The van der Waals surface area contributed by atoms with Crippen molar-refractivity contribution in [3.63, 3.8) is 0 Å². The van der Waals surface area contributed by atoms with Crippen molar-refractivity contribution in [2.45, 2.75) is 31.7 Å². The summed E-state index contributed by atoms with van der Waals surface area (Å²) in [5.41, 5.74) is 2.62. The summed E-state index contributed by atoms with van der Waals surface area (Å²) in [6.45, 7) is 0.579. The summed E-state index contributed by atoms with van der Waals surface area (Å²) < 4.78 is 19.4. The smallest absolute Gasteiger partial charge is 0.210 e. The van der Waals surface area contributed by atoms with Gasteiger partial charge < -0.3 is 19.8 Å². The minimum absolute atomic E-state index is 0.251. The zero-order valence-corrected chi connectivity index (χ0v) is 13.5. The van der Waals surface area contributed by atoms with Crippen molar-refractivity contribution in [1.29, 1.82) is 0 Å². The van der Waals surface area contributed by atoms with Crippen LogP contribution in [0.5, 0.6) is 11.5 Å². The van der Waals surface area contributed by atoms with Crippen molar-refractivity contribution in [1.82, 2.24) is 4.90 Å². The number of phenolic OH excluding ortho intramolecular Hbond substituents is 2. The lowest BCUT2D eigenvalue weighted by Gasteiger charge is -2.38. The van der Waals surface area contributed by atoms with Gasteiger partial charge in [-0.1, -0.05) is 5.57 Å². The van der Waals surface area contributed by atoms with E-state index in [2.05, 4.69) is 0 Å². The number of carbonyl (C=O) groups is 1. The summed E-state index contributed by atoms with van der Waals surface area (Å²) in [7, 11) is 1.64. The van der Waals surface area contributed by atoms with Gasteiger partial charge in [-0.05, 0) is 42.5 Å². The lowest BCUT2D eigenvalue weighted by molar-refractivity contribution is -0.119. The fraction of sp³-hybridized carbons (Fsp3) is 0.389. The number of benzene rings is 1. The normalized spacial score (nSPS) is 20.5. The van der Waals surface area contributed by atoms with Gasteiger partial charge in [-0.25, -0.2) is 4.39 Å². The summed E-state index contributed by atoms with van der Waals surface area (Å²) in [4.78, 5) is 13.1. The molecule has 1 aromatic rings. The Hall–Kier alpha value is -2.50. The van der Waals surface area contributed by atoms with E-state index in [-0.39, 0.29) is 23.8 Å².